The van der Waals surface area contributed by atoms with Crippen LogP contribution in [0.5, 0.6) is 0 Å². The second-order valence-corrected chi connectivity index (χ2v) is 17.8. The van der Waals surface area contributed by atoms with Crippen molar-refractivity contribution in [3.8, 4) is 44.5 Å². The Morgan fingerprint density at radius 3 is 1.44 bits per heavy atom. The molecule has 0 radical (unpaired) electrons. The highest BCUT2D eigenvalue weighted by atomic mass is 32.1. The summed E-state index contributed by atoms with van der Waals surface area (Å²) in [7, 11) is 0. The van der Waals surface area contributed by atoms with E-state index in [0.29, 0.717) is 0 Å². The van der Waals surface area contributed by atoms with Gasteiger partial charge in [0.15, 0.2) is 0 Å². The third-order valence-corrected chi connectivity index (χ3v) is 14.8. The van der Waals surface area contributed by atoms with E-state index < -0.39 is 0 Å². The number of nitrogens with zero attached hydrogens (tertiary/aromatic N) is 1. The normalized spacial score (nSPS) is 11.6. The summed E-state index contributed by atoms with van der Waals surface area (Å²) in [5, 5.41) is 5.31. The first-order valence-electron chi connectivity index (χ1n) is 21.3. The number of hydrogen-bond donors (Lipinski definition) is 0. The third-order valence-electron chi connectivity index (χ3n) is 12.3. The van der Waals surface area contributed by atoms with E-state index in [1.807, 2.05) is 22.7 Å². The van der Waals surface area contributed by atoms with Crippen molar-refractivity contribution in [3.63, 3.8) is 0 Å². The van der Waals surface area contributed by atoms with Crippen LogP contribution in [-0.2, 0) is 12.8 Å². The molecule has 0 atom stereocenters. The predicted molar refractivity (Wildman–Crippen MR) is 267 cm³/mol. The summed E-state index contributed by atoms with van der Waals surface area (Å²) in [4.78, 5) is 2.38. The molecule has 3 heteroatoms. The van der Waals surface area contributed by atoms with Crippen molar-refractivity contribution in [2.24, 2.45) is 0 Å². The molecule has 11 rings (SSSR count). The second-order valence-electron chi connectivity index (χ2n) is 15.7. The molecule has 0 N–H and O–H groups in total. The summed E-state index contributed by atoms with van der Waals surface area (Å²) in [6.45, 7) is 4.54. The summed E-state index contributed by atoms with van der Waals surface area (Å²) in [5.41, 5.74) is 16.3. The van der Waals surface area contributed by atoms with Crippen LogP contribution in [0.1, 0.15) is 25.0 Å². The highest BCUT2D eigenvalue weighted by Crippen LogP contribution is 2.47. The average molecular weight is 818 g/mol. The van der Waals surface area contributed by atoms with Gasteiger partial charge in [0.25, 0.3) is 0 Å². The lowest BCUT2D eigenvalue weighted by atomic mass is 9.91. The highest BCUT2D eigenvalue weighted by molar-refractivity contribution is 7.27. The first-order valence-corrected chi connectivity index (χ1v) is 22.9. The number of hydrogen-bond acceptors (Lipinski definition) is 3. The van der Waals surface area contributed by atoms with Gasteiger partial charge in [0.1, 0.15) is 0 Å². The van der Waals surface area contributed by atoms with Crippen LogP contribution in [0.4, 0.5) is 17.1 Å². The van der Waals surface area contributed by atoms with Gasteiger partial charge in [0.2, 0.25) is 0 Å². The van der Waals surface area contributed by atoms with Crippen molar-refractivity contribution < 1.29 is 0 Å². The summed E-state index contributed by atoms with van der Waals surface area (Å²) >= 11 is 3.83. The van der Waals surface area contributed by atoms with Gasteiger partial charge in [-0.1, -0.05) is 172 Å². The van der Waals surface area contributed by atoms with Crippen LogP contribution in [0.15, 0.2) is 200 Å². The Labute approximate surface area is 365 Å². The van der Waals surface area contributed by atoms with Gasteiger partial charge >= 0.3 is 0 Å². The topological polar surface area (TPSA) is 3.24 Å². The van der Waals surface area contributed by atoms with Crippen molar-refractivity contribution in [1.82, 2.24) is 0 Å². The van der Waals surface area contributed by atoms with E-state index in [1.165, 1.54) is 96.0 Å². The first kappa shape index (κ1) is 37.2. The second kappa shape index (κ2) is 15.7. The van der Waals surface area contributed by atoms with E-state index in [4.69, 9.17) is 0 Å². The minimum absolute atomic E-state index is 1.00. The largest absolute Gasteiger partial charge is 0.311 e. The molecule has 0 fully saturated rings. The lowest BCUT2D eigenvalue weighted by molar-refractivity contribution is 1.12. The summed E-state index contributed by atoms with van der Waals surface area (Å²) < 4.78 is 5.39. The Bertz CT molecular complexity index is 3350. The number of rotatable bonds is 9. The molecular weight excluding hydrogens is 775 g/mol. The molecule has 2 aromatic heterocycles. The van der Waals surface area contributed by atoms with Gasteiger partial charge in [-0.2, -0.15) is 0 Å². The van der Waals surface area contributed by atoms with E-state index in [0.717, 1.165) is 29.9 Å². The van der Waals surface area contributed by atoms with Gasteiger partial charge in [0, 0.05) is 63.0 Å². The van der Waals surface area contributed by atoms with E-state index in [-0.39, 0.29) is 0 Å². The molecule has 292 valence electrons. The van der Waals surface area contributed by atoms with Crippen molar-refractivity contribution in [1.29, 1.82) is 0 Å². The smallest absolute Gasteiger partial charge is 0.0462 e. The standard InChI is InChI=1S/C58H43NS2/c1-3-38-14-8-9-17-47(38)55-39(4-2)30-37-53-52-22-13-20-49(57(52)61-58(53)55)43-28-35-46(36-29-43)59(44-31-24-41(25-32-44)40-15-6-5-7-16-40)45-33-26-42(27-34-45)48-19-12-21-51-50-18-10-11-23-54(50)60-56(48)51/h5-37H,3-4H2,1-2H3. The van der Waals surface area contributed by atoms with Gasteiger partial charge in [0.05, 0.1) is 0 Å². The van der Waals surface area contributed by atoms with E-state index in [2.05, 4.69) is 219 Å². The zero-order valence-electron chi connectivity index (χ0n) is 34.2. The maximum atomic E-state index is 2.38. The van der Waals surface area contributed by atoms with Crippen LogP contribution >= 0.6 is 22.7 Å². The van der Waals surface area contributed by atoms with Gasteiger partial charge in [-0.3, -0.25) is 0 Å². The third kappa shape index (κ3) is 6.53. The average Bonchev–Trinajstić information content (AvgIpc) is 3.91. The predicted octanol–water partition coefficient (Wildman–Crippen LogP) is 17.7. The zero-order valence-corrected chi connectivity index (χ0v) is 35.9. The highest BCUT2D eigenvalue weighted by Gasteiger charge is 2.19. The molecule has 0 aliphatic heterocycles. The number of benzene rings is 9. The molecule has 2 heterocycles. The van der Waals surface area contributed by atoms with E-state index in [9.17, 15) is 0 Å². The minimum atomic E-state index is 1.00. The molecule has 0 amide bonds. The fourth-order valence-corrected chi connectivity index (χ4v) is 11.9. The lowest BCUT2D eigenvalue weighted by Crippen LogP contribution is -2.09. The van der Waals surface area contributed by atoms with Crippen LogP contribution in [0.25, 0.3) is 84.9 Å². The maximum absolute atomic E-state index is 2.38. The Kier molecular flexibility index (Phi) is 9.57. The fraction of sp³-hybridized carbons (Fsp3) is 0.0690. The molecule has 0 saturated heterocycles. The molecule has 11 aromatic rings. The zero-order chi connectivity index (χ0) is 40.9. The van der Waals surface area contributed by atoms with E-state index in [1.54, 1.807) is 0 Å². The maximum Gasteiger partial charge on any atom is 0.0462 e. The van der Waals surface area contributed by atoms with Crippen LogP contribution in [0, 0.1) is 0 Å². The lowest BCUT2D eigenvalue weighted by Gasteiger charge is -2.26. The Hall–Kier alpha value is -6.78. The van der Waals surface area contributed by atoms with Crippen molar-refractivity contribution in [2.75, 3.05) is 4.90 Å². The molecule has 61 heavy (non-hydrogen) atoms. The van der Waals surface area contributed by atoms with Gasteiger partial charge < -0.3 is 4.90 Å². The SMILES string of the molecule is CCc1ccccc1-c1c(CC)ccc2c1sc1c(-c3ccc(N(c4ccc(-c5ccccc5)cc4)c4ccc(-c5cccc6c5sc5ccccc56)cc4)cc3)cccc12. The van der Waals surface area contributed by atoms with Crippen LogP contribution in [0.2, 0.25) is 0 Å². The molecule has 0 aliphatic carbocycles. The Morgan fingerprint density at radius 1 is 0.328 bits per heavy atom. The molecule has 0 unspecified atom stereocenters. The first-order chi connectivity index (χ1) is 30.2. The molecule has 0 bridgehead atoms. The summed E-state index contributed by atoms with van der Waals surface area (Å²) in [6, 6.07) is 73.9. The van der Waals surface area contributed by atoms with Crippen LogP contribution in [0.3, 0.4) is 0 Å². The molecule has 0 spiro atoms. The van der Waals surface area contributed by atoms with Crippen LogP contribution in [-0.4, -0.2) is 0 Å². The molecule has 0 saturated carbocycles. The van der Waals surface area contributed by atoms with Gasteiger partial charge in [-0.15, -0.1) is 22.7 Å². The van der Waals surface area contributed by atoms with E-state index >= 15 is 0 Å². The minimum Gasteiger partial charge on any atom is -0.311 e. The molecule has 0 aliphatic rings. The molecule has 9 aromatic carbocycles. The quantitative estimate of drug-likeness (QED) is 0.140. The van der Waals surface area contributed by atoms with Crippen LogP contribution < -0.4 is 4.90 Å². The molecule has 1 nitrogen and oxygen atoms in total. The fourth-order valence-electron chi connectivity index (χ4n) is 9.23. The summed E-state index contributed by atoms with van der Waals surface area (Å²) in [6.07, 6.45) is 2.02. The number of thiophene rings is 2. The number of anilines is 3. The van der Waals surface area contributed by atoms with Gasteiger partial charge in [-0.25, -0.2) is 0 Å². The number of fused-ring (bicyclic) bond motifs is 6. The summed E-state index contributed by atoms with van der Waals surface area (Å²) in [5.74, 6) is 0. The number of aryl methyl sites for hydroxylation is 2. The van der Waals surface area contributed by atoms with Crippen molar-refractivity contribution in [2.45, 2.75) is 26.7 Å². The Morgan fingerprint density at radius 2 is 0.803 bits per heavy atom. The van der Waals surface area contributed by atoms with Crippen molar-refractivity contribution >= 4 is 80.1 Å². The Balaban J connectivity index is 1.00. The monoisotopic (exact) mass is 817 g/mol. The van der Waals surface area contributed by atoms with Crippen molar-refractivity contribution in [3.05, 3.63) is 211 Å². The van der Waals surface area contributed by atoms with Gasteiger partial charge in [-0.05, 0) is 105 Å². The molecular formula is C58H43NS2.